The van der Waals surface area contributed by atoms with E-state index in [0.717, 1.165) is 12.1 Å². The van der Waals surface area contributed by atoms with E-state index in [1.165, 1.54) is 7.11 Å². The van der Waals surface area contributed by atoms with Gasteiger partial charge in [-0.1, -0.05) is 0 Å². The highest BCUT2D eigenvalue weighted by atomic mass is 19.1. The van der Waals surface area contributed by atoms with E-state index in [1.54, 1.807) is 6.08 Å². The van der Waals surface area contributed by atoms with Crippen molar-refractivity contribution in [1.82, 2.24) is 0 Å². The van der Waals surface area contributed by atoms with Gasteiger partial charge in [-0.05, 0) is 17.7 Å². The summed E-state index contributed by atoms with van der Waals surface area (Å²) >= 11 is 0. The fourth-order valence-electron chi connectivity index (χ4n) is 1.63. The van der Waals surface area contributed by atoms with Crippen LogP contribution in [0, 0.1) is 11.6 Å². The SMILES string of the molecule is COC(=O)CC1=Cc2cc(F)cc(F)c2OC1. The molecule has 0 aromatic heterocycles. The fourth-order valence-corrected chi connectivity index (χ4v) is 1.63. The van der Waals surface area contributed by atoms with Gasteiger partial charge in [-0.3, -0.25) is 4.79 Å². The summed E-state index contributed by atoms with van der Waals surface area (Å²) in [7, 11) is 1.28. The topological polar surface area (TPSA) is 35.5 Å². The lowest BCUT2D eigenvalue weighted by Gasteiger charge is -2.17. The lowest BCUT2D eigenvalue weighted by molar-refractivity contribution is -0.139. The first-order valence-corrected chi connectivity index (χ1v) is 4.98. The Balaban J connectivity index is 2.31. The van der Waals surface area contributed by atoms with Crippen molar-refractivity contribution < 1.29 is 23.0 Å². The Labute approximate surface area is 96.6 Å². The van der Waals surface area contributed by atoms with Crippen molar-refractivity contribution in [2.75, 3.05) is 13.7 Å². The minimum Gasteiger partial charge on any atom is -0.486 e. The highest BCUT2D eigenvalue weighted by molar-refractivity contribution is 5.76. The monoisotopic (exact) mass is 240 g/mol. The molecule has 0 fully saturated rings. The number of benzene rings is 1. The summed E-state index contributed by atoms with van der Waals surface area (Å²) in [5.41, 5.74) is 0.919. The third-order valence-corrected chi connectivity index (χ3v) is 2.40. The Kier molecular flexibility index (Phi) is 3.08. The van der Waals surface area contributed by atoms with E-state index in [4.69, 9.17) is 4.74 Å². The van der Waals surface area contributed by atoms with E-state index >= 15 is 0 Å². The van der Waals surface area contributed by atoms with Crippen LogP contribution in [-0.4, -0.2) is 19.7 Å². The number of carbonyl (C=O) groups excluding carboxylic acids is 1. The Morgan fingerprint density at radius 1 is 1.47 bits per heavy atom. The zero-order chi connectivity index (χ0) is 12.4. The highest BCUT2D eigenvalue weighted by Crippen LogP contribution is 2.31. The van der Waals surface area contributed by atoms with Gasteiger partial charge < -0.3 is 9.47 Å². The van der Waals surface area contributed by atoms with Crippen LogP contribution in [0.3, 0.4) is 0 Å². The number of methoxy groups -OCH3 is 1. The first kappa shape index (κ1) is 11.6. The van der Waals surface area contributed by atoms with Gasteiger partial charge in [-0.2, -0.15) is 0 Å². The number of rotatable bonds is 2. The molecule has 0 bridgehead atoms. The maximum atomic E-state index is 13.3. The molecule has 0 unspecified atom stereocenters. The van der Waals surface area contributed by atoms with Crippen molar-refractivity contribution in [1.29, 1.82) is 0 Å². The van der Waals surface area contributed by atoms with Gasteiger partial charge in [0.2, 0.25) is 0 Å². The molecule has 0 amide bonds. The number of carbonyl (C=O) groups is 1. The van der Waals surface area contributed by atoms with Crippen LogP contribution in [0.5, 0.6) is 5.75 Å². The summed E-state index contributed by atoms with van der Waals surface area (Å²) in [4.78, 5) is 11.1. The summed E-state index contributed by atoms with van der Waals surface area (Å²) < 4.78 is 36.0. The number of fused-ring (bicyclic) bond motifs is 1. The van der Waals surface area contributed by atoms with Crippen LogP contribution in [0.1, 0.15) is 12.0 Å². The number of esters is 1. The molecule has 0 radical (unpaired) electrons. The predicted octanol–water partition coefficient (Wildman–Crippen LogP) is 2.30. The predicted molar refractivity (Wildman–Crippen MR) is 56.5 cm³/mol. The second-order valence-electron chi connectivity index (χ2n) is 3.65. The third kappa shape index (κ3) is 2.43. The largest absolute Gasteiger partial charge is 0.486 e. The maximum Gasteiger partial charge on any atom is 0.309 e. The van der Waals surface area contributed by atoms with Gasteiger partial charge in [0.15, 0.2) is 11.6 Å². The molecule has 17 heavy (non-hydrogen) atoms. The zero-order valence-electron chi connectivity index (χ0n) is 9.13. The summed E-state index contributed by atoms with van der Waals surface area (Å²) in [6.45, 7) is 0.102. The summed E-state index contributed by atoms with van der Waals surface area (Å²) in [5.74, 6) is -1.83. The van der Waals surface area contributed by atoms with Crippen LogP contribution in [0.2, 0.25) is 0 Å². The van der Waals surface area contributed by atoms with Gasteiger partial charge in [0.25, 0.3) is 0 Å². The van der Waals surface area contributed by atoms with E-state index in [0.29, 0.717) is 11.1 Å². The van der Waals surface area contributed by atoms with E-state index < -0.39 is 17.6 Å². The van der Waals surface area contributed by atoms with Crippen molar-refractivity contribution in [2.45, 2.75) is 6.42 Å². The molecule has 2 rings (SSSR count). The molecule has 3 nitrogen and oxygen atoms in total. The first-order valence-electron chi connectivity index (χ1n) is 4.98. The molecule has 90 valence electrons. The smallest absolute Gasteiger partial charge is 0.309 e. The van der Waals surface area contributed by atoms with E-state index in [2.05, 4.69) is 4.74 Å². The second kappa shape index (κ2) is 4.53. The van der Waals surface area contributed by atoms with Gasteiger partial charge in [0, 0.05) is 11.6 Å². The average molecular weight is 240 g/mol. The van der Waals surface area contributed by atoms with Gasteiger partial charge in [-0.25, -0.2) is 8.78 Å². The molecule has 0 N–H and O–H groups in total. The molecule has 1 heterocycles. The zero-order valence-corrected chi connectivity index (χ0v) is 9.13. The molecule has 5 heteroatoms. The fraction of sp³-hybridized carbons (Fsp3) is 0.250. The van der Waals surface area contributed by atoms with Crippen LogP contribution in [0.25, 0.3) is 6.08 Å². The van der Waals surface area contributed by atoms with Gasteiger partial charge in [-0.15, -0.1) is 0 Å². The Morgan fingerprint density at radius 2 is 2.24 bits per heavy atom. The molecule has 0 aliphatic carbocycles. The van der Waals surface area contributed by atoms with Gasteiger partial charge in [0.05, 0.1) is 13.5 Å². The Bertz CT molecular complexity index is 495. The minimum absolute atomic E-state index is 0.0139. The van der Waals surface area contributed by atoms with Crippen molar-refractivity contribution in [3.05, 3.63) is 34.9 Å². The molecule has 0 saturated carbocycles. The van der Waals surface area contributed by atoms with Crippen LogP contribution >= 0.6 is 0 Å². The average Bonchev–Trinajstić information content (AvgIpc) is 2.28. The Morgan fingerprint density at radius 3 is 2.94 bits per heavy atom. The number of hydrogen-bond donors (Lipinski definition) is 0. The molecule has 0 spiro atoms. The normalized spacial score (nSPS) is 13.5. The Hall–Kier alpha value is -1.91. The quantitative estimate of drug-likeness (QED) is 0.744. The van der Waals surface area contributed by atoms with Crippen molar-refractivity contribution in [2.24, 2.45) is 0 Å². The number of ether oxygens (including phenoxy) is 2. The molecule has 1 aromatic rings. The molecule has 1 aliphatic heterocycles. The molecule has 1 aliphatic rings. The molecule has 0 atom stereocenters. The number of hydrogen-bond acceptors (Lipinski definition) is 3. The summed E-state index contributed by atoms with van der Waals surface area (Å²) in [6, 6.07) is 1.92. The van der Waals surface area contributed by atoms with Crippen LogP contribution in [0.15, 0.2) is 17.7 Å². The highest BCUT2D eigenvalue weighted by Gasteiger charge is 2.18. The summed E-state index contributed by atoms with van der Waals surface area (Å²) in [6.07, 6.45) is 1.59. The van der Waals surface area contributed by atoms with E-state index in [1.807, 2.05) is 0 Å². The number of halogens is 2. The van der Waals surface area contributed by atoms with Crippen molar-refractivity contribution in [3.8, 4) is 5.75 Å². The minimum atomic E-state index is -0.742. The standard InChI is InChI=1S/C12H10F2O3/c1-16-11(15)3-7-2-8-4-9(13)5-10(14)12(8)17-6-7/h2,4-5H,3,6H2,1H3. The first-order chi connectivity index (χ1) is 8.10. The third-order valence-electron chi connectivity index (χ3n) is 2.40. The lowest BCUT2D eigenvalue weighted by Crippen LogP contribution is -2.13. The molecule has 0 saturated heterocycles. The molecule has 1 aromatic carbocycles. The second-order valence-corrected chi connectivity index (χ2v) is 3.65. The molecular formula is C12H10F2O3. The van der Waals surface area contributed by atoms with Crippen molar-refractivity contribution >= 4 is 12.0 Å². The maximum absolute atomic E-state index is 13.3. The summed E-state index contributed by atoms with van der Waals surface area (Å²) in [5, 5.41) is 0. The van der Waals surface area contributed by atoms with Crippen LogP contribution in [0.4, 0.5) is 8.78 Å². The molecular weight excluding hydrogens is 230 g/mol. The van der Waals surface area contributed by atoms with Crippen molar-refractivity contribution in [3.63, 3.8) is 0 Å². The lowest BCUT2D eigenvalue weighted by atomic mass is 10.0. The van der Waals surface area contributed by atoms with Crippen LogP contribution in [-0.2, 0) is 9.53 Å². The van der Waals surface area contributed by atoms with E-state index in [9.17, 15) is 13.6 Å². The van der Waals surface area contributed by atoms with Gasteiger partial charge in [0.1, 0.15) is 12.4 Å². The van der Waals surface area contributed by atoms with Gasteiger partial charge >= 0.3 is 5.97 Å². The van der Waals surface area contributed by atoms with E-state index in [-0.39, 0.29) is 18.8 Å². The van der Waals surface area contributed by atoms with Crippen LogP contribution < -0.4 is 4.74 Å².